The fourth-order valence-electron chi connectivity index (χ4n) is 3.11. The van der Waals surface area contributed by atoms with Gasteiger partial charge in [-0.1, -0.05) is 6.92 Å². The van der Waals surface area contributed by atoms with Crippen molar-refractivity contribution in [1.29, 1.82) is 0 Å². The molecule has 4 heteroatoms. The normalized spacial score (nSPS) is 26.4. The van der Waals surface area contributed by atoms with Crippen molar-refractivity contribution >= 4 is 0 Å². The smallest absolute Gasteiger partial charge is 0.0764 e. The summed E-state index contributed by atoms with van der Waals surface area (Å²) in [6, 6.07) is 3.42. The van der Waals surface area contributed by atoms with Crippen molar-refractivity contribution in [1.82, 2.24) is 20.0 Å². The Labute approximate surface area is 122 Å². The summed E-state index contributed by atoms with van der Waals surface area (Å²) in [6.07, 6.45) is 7.38. The predicted octanol–water partition coefficient (Wildman–Crippen LogP) is 2.43. The first kappa shape index (κ1) is 14.1. The molecule has 20 heavy (non-hydrogen) atoms. The van der Waals surface area contributed by atoms with Crippen molar-refractivity contribution in [3.8, 4) is 0 Å². The van der Waals surface area contributed by atoms with Crippen molar-refractivity contribution in [3.63, 3.8) is 0 Å². The van der Waals surface area contributed by atoms with Crippen LogP contribution in [-0.4, -0.2) is 40.4 Å². The van der Waals surface area contributed by atoms with Gasteiger partial charge in [0.1, 0.15) is 0 Å². The second-order valence-electron chi connectivity index (χ2n) is 6.53. The quantitative estimate of drug-likeness (QED) is 0.896. The molecule has 2 fully saturated rings. The maximum absolute atomic E-state index is 4.75. The Morgan fingerprint density at radius 3 is 3.05 bits per heavy atom. The lowest BCUT2D eigenvalue weighted by Crippen LogP contribution is -2.39. The highest BCUT2D eigenvalue weighted by Gasteiger charge is 2.33. The minimum Gasteiger partial charge on any atom is -0.312 e. The minimum absolute atomic E-state index is 0.508. The van der Waals surface area contributed by atoms with Gasteiger partial charge < -0.3 is 5.32 Å². The summed E-state index contributed by atoms with van der Waals surface area (Å²) >= 11 is 0. The van der Waals surface area contributed by atoms with E-state index in [1.54, 1.807) is 0 Å². The van der Waals surface area contributed by atoms with E-state index in [2.05, 4.69) is 41.0 Å². The molecular weight excluding hydrogens is 248 g/mol. The SMILES string of the molecule is CCC(C)n1ccc(CN2CCCNC(C3CC3)C2)n1. The van der Waals surface area contributed by atoms with E-state index >= 15 is 0 Å². The number of hydrogen-bond donors (Lipinski definition) is 1. The van der Waals surface area contributed by atoms with E-state index < -0.39 is 0 Å². The molecule has 2 aliphatic rings. The zero-order valence-electron chi connectivity index (χ0n) is 12.9. The van der Waals surface area contributed by atoms with E-state index in [4.69, 9.17) is 5.10 Å². The van der Waals surface area contributed by atoms with Gasteiger partial charge in [0, 0.05) is 31.4 Å². The molecule has 0 amide bonds. The first-order valence-corrected chi connectivity index (χ1v) is 8.26. The third kappa shape index (κ3) is 3.41. The monoisotopic (exact) mass is 276 g/mol. The van der Waals surface area contributed by atoms with Gasteiger partial charge in [-0.15, -0.1) is 0 Å². The molecular formula is C16H28N4. The molecule has 1 N–H and O–H groups in total. The van der Waals surface area contributed by atoms with Crippen LogP contribution in [0.1, 0.15) is 51.3 Å². The zero-order valence-corrected chi connectivity index (χ0v) is 12.9. The maximum Gasteiger partial charge on any atom is 0.0764 e. The summed E-state index contributed by atoms with van der Waals surface area (Å²) in [4.78, 5) is 2.59. The van der Waals surface area contributed by atoms with Crippen LogP contribution in [0.15, 0.2) is 12.3 Å². The standard InChI is InChI=1S/C16H28N4/c1-3-13(2)20-10-7-15(18-20)11-19-9-4-8-17-16(12-19)14-5-6-14/h7,10,13-14,16-17H,3-6,8-9,11-12H2,1-2H3. The molecule has 0 radical (unpaired) electrons. The minimum atomic E-state index is 0.508. The van der Waals surface area contributed by atoms with E-state index in [1.165, 1.54) is 44.6 Å². The van der Waals surface area contributed by atoms with E-state index in [0.717, 1.165) is 18.9 Å². The molecule has 2 heterocycles. The molecule has 3 rings (SSSR count). The van der Waals surface area contributed by atoms with Gasteiger partial charge in [-0.25, -0.2) is 0 Å². The number of rotatable bonds is 5. The van der Waals surface area contributed by atoms with Crippen LogP contribution in [0, 0.1) is 5.92 Å². The predicted molar refractivity (Wildman–Crippen MR) is 81.6 cm³/mol. The average Bonchev–Trinajstić information content (AvgIpc) is 3.22. The second-order valence-corrected chi connectivity index (χ2v) is 6.53. The van der Waals surface area contributed by atoms with Crippen LogP contribution in [0.5, 0.6) is 0 Å². The first-order valence-electron chi connectivity index (χ1n) is 8.26. The van der Waals surface area contributed by atoms with Crippen LogP contribution < -0.4 is 5.32 Å². The summed E-state index contributed by atoms with van der Waals surface area (Å²) in [5.41, 5.74) is 1.22. The lowest BCUT2D eigenvalue weighted by atomic mass is 10.2. The van der Waals surface area contributed by atoms with Crippen molar-refractivity contribution < 1.29 is 0 Å². The van der Waals surface area contributed by atoms with Crippen LogP contribution in [0.25, 0.3) is 0 Å². The third-order valence-electron chi connectivity index (χ3n) is 4.80. The van der Waals surface area contributed by atoms with E-state index in [9.17, 15) is 0 Å². The van der Waals surface area contributed by atoms with Gasteiger partial charge >= 0.3 is 0 Å². The van der Waals surface area contributed by atoms with E-state index in [1.807, 2.05) is 0 Å². The van der Waals surface area contributed by atoms with Crippen LogP contribution in [0.4, 0.5) is 0 Å². The number of nitrogens with one attached hydrogen (secondary N) is 1. The van der Waals surface area contributed by atoms with Gasteiger partial charge in [0.05, 0.1) is 5.69 Å². The van der Waals surface area contributed by atoms with Crippen LogP contribution in [0.3, 0.4) is 0 Å². The third-order valence-corrected chi connectivity index (χ3v) is 4.80. The summed E-state index contributed by atoms with van der Waals surface area (Å²) in [5, 5.41) is 8.47. The lowest BCUT2D eigenvalue weighted by Gasteiger charge is -2.23. The van der Waals surface area contributed by atoms with Crippen molar-refractivity contribution in [2.75, 3.05) is 19.6 Å². The fourth-order valence-corrected chi connectivity index (χ4v) is 3.11. The highest BCUT2D eigenvalue weighted by Crippen LogP contribution is 2.33. The molecule has 0 aromatic carbocycles. The molecule has 4 nitrogen and oxygen atoms in total. The van der Waals surface area contributed by atoms with Gasteiger partial charge in [-0.3, -0.25) is 9.58 Å². The second kappa shape index (κ2) is 6.27. The Bertz CT molecular complexity index is 424. The number of aromatic nitrogens is 2. The molecule has 0 spiro atoms. The summed E-state index contributed by atoms with van der Waals surface area (Å²) in [7, 11) is 0. The molecule has 1 aliphatic heterocycles. The summed E-state index contributed by atoms with van der Waals surface area (Å²) < 4.78 is 2.11. The largest absolute Gasteiger partial charge is 0.312 e. The molecule has 1 aromatic rings. The average molecular weight is 276 g/mol. The molecule has 2 unspecified atom stereocenters. The molecule has 1 saturated heterocycles. The van der Waals surface area contributed by atoms with Crippen molar-refractivity contribution in [2.24, 2.45) is 5.92 Å². The molecule has 1 aliphatic carbocycles. The first-order chi connectivity index (χ1) is 9.76. The van der Waals surface area contributed by atoms with Crippen LogP contribution in [0.2, 0.25) is 0 Å². The molecule has 2 atom stereocenters. The highest BCUT2D eigenvalue weighted by atomic mass is 15.3. The lowest BCUT2D eigenvalue weighted by molar-refractivity contribution is 0.247. The maximum atomic E-state index is 4.75. The van der Waals surface area contributed by atoms with Crippen LogP contribution >= 0.6 is 0 Å². The fraction of sp³-hybridized carbons (Fsp3) is 0.812. The number of hydrogen-bond acceptors (Lipinski definition) is 3. The molecule has 0 bridgehead atoms. The van der Waals surface area contributed by atoms with Crippen LogP contribution in [-0.2, 0) is 6.54 Å². The van der Waals surface area contributed by atoms with E-state index in [-0.39, 0.29) is 0 Å². The van der Waals surface area contributed by atoms with E-state index in [0.29, 0.717) is 12.1 Å². The van der Waals surface area contributed by atoms with Crippen molar-refractivity contribution in [3.05, 3.63) is 18.0 Å². The summed E-state index contributed by atoms with van der Waals surface area (Å²) in [5.74, 6) is 0.938. The van der Waals surface area contributed by atoms with Gasteiger partial charge in [0.2, 0.25) is 0 Å². The van der Waals surface area contributed by atoms with Gasteiger partial charge in [-0.2, -0.15) is 5.10 Å². The Morgan fingerprint density at radius 1 is 1.45 bits per heavy atom. The van der Waals surface area contributed by atoms with Crippen molar-refractivity contribution in [2.45, 2.75) is 58.2 Å². The Balaban J connectivity index is 1.59. The molecule has 1 saturated carbocycles. The summed E-state index contributed by atoms with van der Waals surface area (Å²) in [6.45, 7) is 9.03. The number of nitrogens with zero attached hydrogens (tertiary/aromatic N) is 3. The van der Waals surface area contributed by atoms with Gasteiger partial charge in [-0.05, 0) is 57.7 Å². The Kier molecular flexibility index (Phi) is 4.41. The zero-order chi connectivity index (χ0) is 13.9. The molecule has 1 aromatic heterocycles. The van der Waals surface area contributed by atoms with Gasteiger partial charge in [0.15, 0.2) is 0 Å². The van der Waals surface area contributed by atoms with Gasteiger partial charge in [0.25, 0.3) is 0 Å². The topological polar surface area (TPSA) is 33.1 Å². The Hall–Kier alpha value is -0.870. The highest BCUT2D eigenvalue weighted by molar-refractivity contribution is 5.00. The molecule has 112 valence electrons. The Morgan fingerprint density at radius 2 is 2.30 bits per heavy atom.